The van der Waals surface area contributed by atoms with Crippen LogP contribution in [0.3, 0.4) is 0 Å². The molecule has 0 aromatic heterocycles. The van der Waals surface area contributed by atoms with E-state index in [0.29, 0.717) is 0 Å². The normalized spacial score (nSPS) is 19.4. The number of nitrogens with zero attached hydrogens (tertiary/aromatic N) is 4. The van der Waals surface area contributed by atoms with Gasteiger partial charge < -0.3 is 4.90 Å². The van der Waals surface area contributed by atoms with Gasteiger partial charge in [-0.15, -0.1) is 0 Å². The molecule has 0 saturated carbocycles. The molecule has 0 bridgehead atoms. The summed E-state index contributed by atoms with van der Waals surface area (Å²) in [6, 6.07) is 0. The molecule has 1 rings (SSSR count). The zero-order valence-electron chi connectivity index (χ0n) is 20.3. The monoisotopic (exact) mass is 396 g/mol. The molecule has 1 aliphatic heterocycles. The van der Waals surface area contributed by atoms with Crippen molar-refractivity contribution in [2.75, 3.05) is 60.3 Å². The predicted molar refractivity (Wildman–Crippen MR) is 125 cm³/mol. The molecular weight excluding hydrogens is 344 g/mol. The quantitative estimate of drug-likeness (QED) is 0.357. The summed E-state index contributed by atoms with van der Waals surface area (Å²) in [6.07, 6.45) is 12.2. The van der Waals surface area contributed by atoms with E-state index >= 15 is 0 Å². The third kappa shape index (κ3) is 11.1. The topological polar surface area (TPSA) is 13.0 Å². The van der Waals surface area contributed by atoms with Crippen molar-refractivity contribution in [2.45, 2.75) is 85.5 Å². The summed E-state index contributed by atoms with van der Waals surface area (Å²) in [5, 5.41) is 0. The first-order chi connectivity index (χ1) is 13.5. The summed E-state index contributed by atoms with van der Waals surface area (Å²) < 4.78 is 0. The van der Waals surface area contributed by atoms with Crippen LogP contribution in [0.1, 0.15) is 85.5 Å². The summed E-state index contributed by atoms with van der Waals surface area (Å²) in [7, 11) is 4.38. The second-order valence-corrected chi connectivity index (χ2v) is 9.52. The molecule has 0 aromatic rings. The van der Waals surface area contributed by atoms with Gasteiger partial charge in [-0.3, -0.25) is 14.7 Å². The fourth-order valence-corrected chi connectivity index (χ4v) is 4.53. The molecule has 28 heavy (non-hydrogen) atoms. The Hall–Kier alpha value is -0.160. The van der Waals surface area contributed by atoms with Crippen LogP contribution in [0.4, 0.5) is 0 Å². The standard InChI is InChI=1S/C24H52N4/c1-7-11-14-23(9-3)18-27-20-26(17-13-16-25(5)6)21-28(22-27)19-24(10-4)15-12-8-2/h23-24H,7-22H2,1-6H3. The Kier molecular flexibility index (Phi) is 14.5. The lowest BCUT2D eigenvalue weighted by atomic mass is 9.98. The first-order valence-electron chi connectivity index (χ1n) is 12.3. The maximum absolute atomic E-state index is 2.75. The van der Waals surface area contributed by atoms with Gasteiger partial charge in [0.15, 0.2) is 0 Å². The van der Waals surface area contributed by atoms with E-state index in [9.17, 15) is 0 Å². The lowest BCUT2D eigenvalue weighted by Gasteiger charge is -2.44. The number of hydrogen-bond donors (Lipinski definition) is 0. The average molecular weight is 397 g/mol. The van der Waals surface area contributed by atoms with E-state index in [-0.39, 0.29) is 0 Å². The number of rotatable bonds is 16. The van der Waals surface area contributed by atoms with Gasteiger partial charge in [-0.2, -0.15) is 0 Å². The Balaban J connectivity index is 2.64. The molecule has 1 fully saturated rings. The van der Waals surface area contributed by atoms with Gasteiger partial charge >= 0.3 is 0 Å². The van der Waals surface area contributed by atoms with Gasteiger partial charge in [0.25, 0.3) is 0 Å². The largest absolute Gasteiger partial charge is 0.309 e. The molecule has 4 nitrogen and oxygen atoms in total. The minimum Gasteiger partial charge on any atom is -0.309 e. The van der Waals surface area contributed by atoms with Crippen molar-refractivity contribution in [1.29, 1.82) is 0 Å². The maximum Gasteiger partial charge on any atom is 0.0530 e. The van der Waals surface area contributed by atoms with Crippen molar-refractivity contribution in [3.05, 3.63) is 0 Å². The van der Waals surface area contributed by atoms with Gasteiger partial charge in [-0.1, -0.05) is 66.2 Å². The van der Waals surface area contributed by atoms with Crippen LogP contribution >= 0.6 is 0 Å². The van der Waals surface area contributed by atoms with E-state index < -0.39 is 0 Å². The minimum atomic E-state index is 0.866. The van der Waals surface area contributed by atoms with Gasteiger partial charge in [-0.05, 0) is 51.7 Å². The first kappa shape index (κ1) is 25.9. The summed E-state index contributed by atoms with van der Waals surface area (Å²) in [4.78, 5) is 10.5. The molecule has 168 valence electrons. The molecule has 0 spiro atoms. The average Bonchev–Trinajstić information content (AvgIpc) is 2.67. The Morgan fingerprint density at radius 1 is 0.679 bits per heavy atom. The second kappa shape index (κ2) is 15.6. The minimum absolute atomic E-state index is 0.866. The molecular formula is C24H52N4. The molecule has 1 aliphatic rings. The van der Waals surface area contributed by atoms with Crippen LogP contribution in [0.5, 0.6) is 0 Å². The third-order valence-corrected chi connectivity index (χ3v) is 6.40. The maximum atomic E-state index is 2.75. The lowest BCUT2D eigenvalue weighted by Crippen LogP contribution is -2.56. The summed E-state index contributed by atoms with van der Waals surface area (Å²) >= 11 is 0. The highest BCUT2D eigenvalue weighted by atomic mass is 15.5. The second-order valence-electron chi connectivity index (χ2n) is 9.52. The highest BCUT2D eigenvalue weighted by Gasteiger charge is 2.26. The van der Waals surface area contributed by atoms with Crippen molar-refractivity contribution in [3.63, 3.8) is 0 Å². The summed E-state index contributed by atoms with van der Waals surface area (Å²) in [5.41, 5.74) is 0. The van der Waals surface area contributed by atoms with Crippen LogP contribution in [-0.2, 0) is 0 Å². The van der Waals surface area contributed by atoms with Crippen molar-refractivity contribution in [1.82, 2.24) is 19.6 Å². The van der Waals surface area contributed by atoms with Crippen LogP contribution < -0.4 is 0 Å². The molecule has 0 aromatic carbocycles. The SMILES string of the molecule is CCCCC(CC)CN1CN(CCCN(C)C)CN(CC(CC)CCCC)C1. The lowest BCUT2D eigenvalue weighted by molar-refractivity contribution is -0.0444. The highest BCUT2D eigenvalue weighted by molar-refractivity contribution is 4.75. The molecule has 4 heteroatoms. The molecule has 0 N–H and O–H groups in total. The van der Waals surface area contributed by atoms with Crippen molar-refractivity contribution >= 4 is 0 Å². The van der Waals surface area contributed by atoms with Crippen molar-refractivity contribution < 1.29 is 0 Å². The van der Waals surface area contributed by atoms with E-state index in [1.807, 2.05) is 0 Å². The summed E-state index contributed by atoms with van der Waals surface area (Å²) in [5.74, 6) is 1.73. The van der Waals surface area contributed by atoms with Gasteiger partial charge in [0.1, 0.15) is 0 Å². The predicted octanol–water partition coefficient (Wildman–Crippen LogP) is 5.16. The van der Waals surface area contributed by atoms with Crippen LogP contribution in [0.15, 0.2) is 0 Å². The fraction of sp³-hybridized carbons (Fsp3) is 1.00. The van der Waals surface area contributed by atoms with Gasteiger partial charge in [0.2, 0.25) is 0 Å². The zero-order chi connectivity index (χ0) is 20.8. The molecule has 1 heterocycles. The van der Waals surface area contributed by atoms with Crippen LogP contribution in [-0.4, -0.2) is 79.9 Å². The van der Waals surface area contributed by atoms with Crippen LogP contribution in [0.2, 0.25) is 0 Å². The Bertz CT molecular complexity index is 335. The van der Waals surface area contributed by atoms with E-state index in [1.54, 1.807) is 0 Å². The van der Waals surface area contributed by atoms with Crippen LogP contribution in [0.25, 0.3) is 0 Å². The Morgan fingerprint density at radius 2 is 1.14 bits per heavy atom. The fourth-order valence-electron chi connectivity index (χ4n) is 4.53. The molecule has 0 amide bonds. The third-order valence-electron chi connectivity index (χ3n) is 6.40. The van der Waals surface area contributed by atoms with Crippen molar-refractivity contribution in [3.8, 4) is 0 Å². The van der Waals surface area contributed by atoms with E-state index in [4.69, 9.17) is 0 Å². The summed E-state index contributed by atoms with van der Waals surface area (Å²) in [6.45, 7) is 17.9. The van der Waals surface area contributed by atoms with Crippen molar-refractivity contribution in [2.24, 2.45) is 11.8 Å². The first-order valence-corrected chi connectivity index (χ1v) is 12.3. The molecule has 0 aliphatic carbocycles. The van der Waals surface area contributed by atoms with Crippen LogP contribution in [0, 0.1) is 11.8 Å². The smallest absolute Gasteiger partial charge is 0.0530 e. The Labute approximate surface area is 177 Å². The highest BCUT2D eigenvalue weighted by Crippen LogP contribution is 2.20. The van der Waals surface area contributed by atoms with E-state index in [0.717, 1.165) is 25.2 Å². The molecule has 2 atom stereocenters. The van der Waals surface area contributed by atoms with Gasteiger partial charge in [-0.25, -0.2) is 0 Å². The molecule has 1 saturated heterocycles. The van der Waals surface area contributed by atoms with Gasteiger partial charge in [0, 0.05) is 19.6 Å². The zero-order valence-corrected chi connectivity index (χ0v) is 20.3. The Morgan fingerprint density at radius 3 is 1.54 bits per heavy atom. The van der Waals surface area contributed by atoms with E-state index in [1.165, 1.54) is 90.6 Å². The molecule has 2 unspecified atom stereocenters. The van der Waals surface area contributed by atoms with Gasteiger partial charge in [0.05, 0.1) is 20.0 Å². The number of unbranched alkanes of at least 4 members (excludes halogenated alkanes) is 2. The number of hydrogen-bond acceptors (Lipinski definition) is 4. The van der Waals surface area contributed by atoms with E-state index in [2.05, 4.69) is 61.4 Å². The molecule has 0 radical (unpaired) electrons.